The Morgan fingerprint density at radius 1 is 1.25 bits per heavy atom. The van der Waals surface area contributed by atoms with Crippen molar-refractivity contribution in [2.24, 2.45) is 5.73 Å². The van der Waals surface area contributed by atoms with Crippen molar-refractivity contribution < 1.29 is 9.21 Å². The van der Waals surface area contributed by atoms with Gasteiger partial charge in [-0.2, -0.15) is 0 Å². The number of hydrogen-bond acceptors (Lipinski definition) is 3. The minimum Gasteiger partial charge on any atom is -0.456 e. The van der Waals surface area contributed by atoms with Crippen LogP contribution in [0.5, 0.6) is 0 Å². The van der Waals surface area contributed by atoms with E-state index in [2.05, 4.69) is 5.32 Å². The molecule has 2 aromatic rings. The van der Waals surface area contributed by atoms with Gasteiger partial charge < -0.3 is 15.5 Å². The van der Waals surface area contributed by atoms with Crippen molar-refractivity contribution in [3.63, 3.8) is 0 Å². The first-order valence-corrected chi connectivity index (χ1v) is 6.76. The van der Waals surface area contributed by atoms with Crippen LogP contribution in [-0.4, -0.2) is 12.5 Å². The fourth-order valence-electron chi connectivity index (χ4n) is 2.05. The molecule has 20 heavy (non-hydrogen) atoms. The number of furan rings is 1. The predicted molar refractivity (Wildman–Crippen MR) is 78.4 cm³/mol. The number of benzene rings is 1. The lowest BCUT2D eigenvalue weighted by atomic mass is 9.92. The Kier molecular flexibility index (Phi) is 4.25. The van der Waals surface area contributed by atoms with E-state index in [9.17, 15) is 4.79 Å². The number of hydrogen-bond donors (Lipinski definition) is 2. The van der Waals surface area contributed by atoms with Crippen LogP contribution in [0.3, 0.4) is 0 Å². The summed E-state index contributed by atoms with van der Waals surface area (Å²) < 4.78 is 5.47. The molecule has 1 heterocycles. The van der Waals surface area contributed by atoms with Crippen LogP contribution in [0.1, 0.15) is 35.7 Å². The molecule has 1 unspecified atom stereocenters. The van der Waals surface area contributed by atoms with Gasteiger partial charge in [0.1, 0.15) is 5.76 Å². The maximum absolute atomic E-state index is 12.3. The minimum atomic E-state index is -0.614. The van der Waals surface area contributed by atoms with Crippen LogP contribution in [0, 0.1) is 0 Å². The number of aryl methyl sites for hydroxylation is 1. The second kappa shape index (κ2) is 5.92. The van der Waals surface area contributed by atoms with E-state index in [0.717, 1.165) is 17.7 Å². The number of carbonyl (C=O) groups is 1. The molecule has 1 atom stereocenters. The van der Waals surface area contributed by atoms with Gasteiger partial charge in [0.2, 0.25) is 0 Å². The monoisotopic (exact) mass is 272 g/mol. The molecule has 1 aromatic carbocycles. The van der Waals surface area contributed by atoms with E-state index in [0.29, 0.717) is 12.3 Å². The SMILES string of the molecule is CCc1ccc(C(=O)NC(C)(CN)c2ccccc2)o1. The van der Waals surface area contributed by atoms with Crippen molar-refractivity contribution >= 4 is 5.91 Å². The van der Waals surface area contributed by atoms with Gasteiger partial charge in [-0.15, -0.1) is 0 Å². The van der Waals surface area contributed by atoms with Crippen LogP contribution in [0.25, 0.3) is 0 Å². The second-order valence-electron chi connectivity index (χ2n) is 4.98. The van der Waals surface area contributed by atoms with Crippen molar-refractivity contribution in [3.05, 3.63) is 59.5 Å². The summed E-state index contributed by atoms with van der Waals surface area (Å²) in [6.45, 7) is 4.20. The Morgan fingerprint density at radius 3 is 2.50 bits per heavy atom. The van der Waals surface area contributed by atoms with E-state index in [-0.39, 0.29) is 5.91 Å². The van der Waals surface area contributed by atoms with Crippen LogP contribution in [-0.2, 0) is 12.0 Å². The van der Waals surface area contributed by atoms with Crippen molar-refractivity contribution in [2.45, 2.75) is 25.8 Å². The first-order valence-electron chi connectivity index (χ1n) is 6.76. The summed E-state index contributed by atoms with van der Waals surface area (Å²) in [5, 5.41) is 2.96. The first kappa shape index (κ1) is 14.3. The van der Waals surface area contributed by atoms with Gasteiger partial charge in [-0.25, -0.2) is 0 Å². The molecule has 0 radical (unpaired) electrons. The molecule has 3 N–H and O–H groups in total. The highest BCUT2D eigenvalue weighted by molar-refractivity contribution is 5.92. The largest absolute Gasteiger partial charge is 0.456 e. The Morgan fingerprint density at radius 2 is 1.95 bits per heavy atom. The smallest absolute Gasteiger partial charge is 0.287 e. The Balaban J connectivity index is 2.19. The van der Waals surface area contributed by atoms with Gasteiger partial charge in [0, 0.05) is 13.0 Å². The normalized spacial score (nSPS) is 13.8. The summed E-state index contributed by atoms with van der Waals surface area (Å²) in [6.07, 6.45) is 0.764. The fourth-order valence-corrected chi connectivity index (χ4v) is 2.05. The highest BCUT2D eigenvalue weighted by atomic mass is 16.3. The van der Waals surface area contributed by atoms with Crippen molar-refractivity contribution in [3.8, 4) is 0 Å². The van der Waals surface area contributed by atoms with Gasteiger partial charge in [0.05, 0.1) is 5.54 Å². The quantitative estimate of drug-likeness (QED) is 0.878. The zero-order valence-electron chi connectivity index (χ0n) is 11.8. The molecule has 0 fully saturated rings. The van der Waals surface area contributed by atoms with Crippen molar-refractivity contribution in [1.29, 1.82) is 0 Å². The molecule has 106 valence electrons. The summed E-state index contributed by atoms with van der Waals surface area (Å²) in [5.41, 5.74) is 6.21. The summed E-state index contributed by atoms with van der Waals surface area (Å²) in [5.74, 6) is 0.864. The number of nitrogens with one attached hydrogen (secondary N) is 1. The summed E-state index contributed by atoms with van der Waals surface area (Å²) in [4.78, 5) is 12.3. The van der Waals surface area contributed by atoms with Gasteiger partial charge in [-0.3, -0.25) is 4.79 Å². The lowest BCUT2D eigenvalue weighted by Gasteiger charge is -2.29. The van der Waals surface area contributed by atoms with Crippen LogP contribution in [0.15, 0.2) is 46.9 Å². The van der Waals surface area contributed by atoms with E-state index in [1.807, 2.05) is 50.2 Å². The molecule has 0 bridgehead atoms. The standard InChI is InChI=1S/C16H20N2O2/c1-3-13-9-10-14(20-13)15(19)18-16(2,11-17)12-7-5-4-6-8-12/h4-10H,3,11,17H2,1-2H3,(H,18,19). The van der Waals surface area contributed by atoms with E-state index in [4.69, 9.17) is 10.2 Å². The highest BCUT2D eigenvalue weighted by Crippen LogP contribution is 2.20. The minimum absolute atomic E-state index is 0.249. The molecule has 0 aliphatic carbocycles. The second-order valence-corrected chi connectivity index (χ2v) is 4.98. The van der Waals surface area contributed by atoms with E-state index >= 15 is 0 Å². The van der Waals surface area contributed by atoms with Crippen LogP contribution < -0.4 is 11.1 Å². The third-order valence-corrected chi connectivity index (χ3v) is 3.44. The molecular weight excluding hydrogens is 252 g/mol. The fraction of sp³-hybridized carbons (Fsp3) is 0.312. The van der Waals surface area contributed by atoms with Crippen molar-refractivity contribution in [2.75, 3.05) is 6.54 Å². The summed E-state index contributed by atoms with van der Waals surface area (Å²) in [6, 6.07) is 13.2. The van der Waals surface area contributed by atoms with E-state index in [1.165, 1.54) is 0 Å². The lowest BCUT2D eigenvalue weighted by molar-refractivity contribution is 0.0877. The maximum atomic E-state index is 12.3. The molecule has 0 aliphatic rings. The Bertz CT molecular complexity index is 577. The molecule has 1 amide bonds. The van der Waals surface area contributed by atoms with Gasteiger partial charge in [0.25, 0.3) is 5.91 Å². The zero-order valence-corrected chi connectivity index (χ0v) is 11.8. The van der Waals surface area contributed by atoms with E-state index < -0.39 is 5.54 Å². The van der Waals surface area contributed by atoms with Crippen molar-refractivity contribution in [1.82, 2.24) is 5.32 Å². The number of amides is 1. The highest BCUT2D eigenvalue weighted by Gasteiger charge is 2.28. The molecule has 0 aliphatic heterocycles. The number of rotatable bonds is 5. The maximum Gasteiger partial charge on any atom is 0.287 e. The average molecular weight is 272 g/mol. The molecule has 0 saturated carbocycles. The third-order valence-electron chi connectivity index (χ3n) is 3.44. The zero-order chi connectivity index (χ0) is 14.6. The number of nitrogens with two attached hydrogens (primary N) is 1. The molecule has 4 nitrogen and oxygen atoms in total. The van der Waals surface area contributed by atoms with Gasteiger partial charge >= 0.3 is 0 Å². The first-order chi connectivity index (χ1) is 9.59. The average Bonchev–Trinajstić information content (AvgIpc) is 2.97. The Hall–Kier alpha value is -2.07. The topological polar surface area (TPSA) is 68.3 Å². The van der Waals surface area contributed by atoms with Crippen LogP contribution in [0.4, 0.5) is 0 Å². The van der Waals surface area contributed by atoms with Crippen LogP contribution in [0.2, 0.25) is 0 Å². The van der Waals surface area contributed by atoms with Gasteiger partial charge in [0.15, 0.2) is 5.76 Å². The van der Waals surface area contributed by atoms with Crippen LogP contribution >= 0.6 is 0 Å². The van der Waals surface area contributed by atoms with Gasteiger partial charge in [-0.1, -0.05) is 37.3 Å². The number of carbonyl (C=O) groups excluding carboxylic acids is 1. The summed E-state index contributed by atoms with van der Waals surface area (Å²) >= 11 is 0. The molecular formula is C16H20N2O2. The molecule has 1 aromatic heterocycles. The summed E-state index contributed by atoms with van der Waals surface area (Å²) in [7, 11) is 0. The molecule has 0 spiro atoms. The van der Waals surface area contributed by atoms with E-state index in [1.54, 1.807) is 6.07 Å². The molecule has 2 rings (SSSR count). The van der Waals surface area contributed by atoms with Gasteiger partial charge in [-0.05, 0) is 24.6 Å². The Labute approximate surface area is 119 Å². The third kappa shape index (κ3) is 2.91. The molecule has 4 heteroatoms. The predicted octanol–water partition coefficient (Wildman–Crippen LogP) is 2.45. The molecule has 0 saturated heterocycles. The lowest BCUT2D eigenvalue weighted by Crippen LogP contribution is -2.48.